The maximum absolute atomic E-state index is 7.81. The largest absolute Gasteiger partial charge is 0.384 e. The van der Waals surface area contributed by atoms with Crippen LogP contribution in [-0.2, 0) is 0 Å². The highest BCUT2D eigenvalue weighted by molar-refractivity contribution is 6.01. The van der Waals surface area contributed by atoms with Crippen molar-refractivity contribution in [3.05, 3.63) is 59.3 Å². The first kappa shape index (κ1) is 13.6. The second kappa shape index (κ2) is 5.56. The van der Waals surface area contributed by atoms with E-state index >= 15 is 0 Å². The molecule has 2 heterocycles. The number of pyridine rings is 1. The minimum atomic E-state index is 0.0961. The van der Waals surface area contributed by atoms with Crippen LogP contribution in [0.25, 0.3) is 0 Å². The van der Waals surface area contributed by atoms with Gasteiger partial charge in [-0.3, -0.25) is 5.41 Å². The number of aryl methyl sites for hydroxylation is 1. The van der Waals surface area contributed by atoms with E-state index in [-0.39, 0.29) is 5.84 Å². The van der Waals surface area contributed by atoms with Gasteiger partial charge in [-0.25, -0.2) is 4.98 Å². The number of nitrogens with two attached hydrogens (primary N) is 1. The number of benzene rings is 1. The maximum atomic E-state index is 7.81. The van der Waals surface area contributed by atoms with Crippen molar-refractivity contribution in [1.82, 2.24) is 4.98 Å². The first-order valence-corrected chi connectivity index (χ1v) is 7.26. The molecule has 0 radical (unpaired) electrons. The molecule has 1 atom stereocenters. The van der Waals surface area contributed by atoms with Gasteiger partial charge in [-0.15, -0.1) is 0 Å². The fourth-order valence-corrected chi connectivity index (χ4v) is 3.07. The molecule has 0 spiro atoms. The van der Waals surface area contributed by atoms with Crippen molar-refractivity contribution in [3.8, 4) is 0 Å². The van der Waals surface area contributed by atoms with Crippen molar-refractivity contribution < 1.29 is 0 Å². The number of hydrogen-bond acceptors (Lipinski definition) is 3. The van der Waals surface area contributed by atoms with E-state index < -0.39 is 0 Å². The van der Waals surface area contributed by atoms with Gasteiger partial charge in [0.25, 0.3) is 0 Å². The van der Waals surface area contributed by atoms with E-state index in [0.717, 1.165) is 36.5 Å². The van der Waals surface area contributed by atoms with Gasteiger partial charge in [0.15, 0.2) is 0 Å². The van der Waals surface area contributed by atoms with Gasteiger partial charge in [-0.05, 0) is 30.5 Å². The Hall–Kier alpha value is -2.36. The topological polar surface area (TPSA) is 66.0 Å². The van der Waals surface area contributed by atoms with Crippen LogP contribution in [0.15, 0.2) is 42.6 Å². The highest BCUT2D eigenvalue weighted by atomic mass is 15.2. The number of nitrogen functional groups attached to an aromatic ring is 1. The second-order valence-electron chi connectivity index (χ2n) is 5.58. The standard InChI is InChI=1S/C17H20N4/c1-12-7-9-20-17(15(12)16(18)19)21-10-8-14(11-21)13-5-3-2-4-6-13/h2-7,9,14H,8,10-11H2,1H3,(H3,18,19). The third-order valence-electron chi connectivity index (χ3n) is 4.17. The summed E-state index contributed by atoms with van der Waals surface area (Å²) >= 11 is 0. The number of rotatable bonds is 3. The molecule has 0 saturated carbocycles. The summed E-state index contributed by atoms with van der Waals surface area (Å²) in [5, 5.41) is 7.81. The molecule has 1 fully saturated rings. The van der Waals surface area contributed by atoms with Crippen LogP contribution in [0.1, 0.15) is 29.0 Å². The van der Waals surface area contributed by atoms with Crippen LogP contribution in [0.2, 0.25) is 0 Å². The number of anilines is 1. The second-order valence-corrected chi connectivity index (χ2v) is 5.58. The summed E-state index contributed by atoms with van der Waals surface area (Å²) in [4.78, 5) is 6.73. The van der Waals surface area contributed by atoms with E-state index in [1.165, 1.54) is 5.56 Å². The number of amidine groups is 1. The normalized spacial score (nSPS) is 18.0. The molecule has 1 aliphatic rings. The zero-order chi connectivity index (χ0) is 14.8. The Balaban J connectivity index is 1.87. The summed E-state index contributed by atoms with van der Waals surface area (Å²) in [5.41, 5.74) is 8.90. The van der Waals surface area contributed by atoms with Crippen LogP contribution in [0.4, 0.5) is 5.82 Å². The van der Waals surface area contributed by atoms with Gasteiger partial charge in [0.05, 0.1) is 5.56 Å². The van der Waals surface area contributed by atoms with Crippen LogP contribution < -0.4 is 10.6 Å². The summed E-state index contributed by atoms with van der Waals surface area (Å²) in [5.74, 6) is 1.47. The third kappa shape index (κ3) is 2.61. The van der Waals surface area contributed by atoms with Crippen molar-refractivity contribution in [2.24, 2.45) is 5.73 Å². The van der Waals surface area contributed by atoms with Crippen LogP contribution in [0.3, 0.4) is 0 Å². The third-order valence-corrected chi connectivity index (χ3v) is 4.17. The molecular weight excluding hydrogens is 260 g/mol. The molecule has 0 bridgehead atoms. The molecular formula is C17H20N4. The van der Waals surface area contributed by atoms with Crippen LogP contribution >= 0.6 is 0 Å². The molecule has 1 saturated heterocycles. The van der Waals surface area contributed by atoms with E-state index in [4.69, 9.17) is 11.1 Å². The van der Waals surface area contributed by atoms with Gasteiger partial charge in [-0.1, -0.05) is 30.3 Å². The zero-order valence-corrected chi connectivity index (χ0v) is 12.2. The number of aromatic nitrogens is 1. The van der Waals surface area contributed by atoms with Crippen molar-refractivity contribution in [1.29, 1.82) is 5.41 Å². The van der Waals surface area contributed by atoms with Gasteiger partial charge in [0.2, 0.25) is 0 Å². The van der Waals surface area contributed by atoms with E-state index in [1.54, 1.807) is 6.20 Å². The molecule has 21 heavy (non-hydrogen) atoms. The summed E-state index contributed by atoms with van der Waals surface area (Å²) < 4.78 is 0. The molecule has 3 rings (SSSR count). The molecule has 4 heteroatoms. The lowest BCUT2D eigenvalue weighted by Crippen LogP contribution is -2.26. The first-order valence-electron chi connectivity index (χ1n) is 7.26. The van der Waals surface area contributed by atoms with E-state index in [2.05, 4.69) is 34.1 Å². The molecule has 1 unspecified atom stereocenters. The molecule has 3 N–H and O–H groups in total. The van der Waals surface area contributed by atoms with Crippen molar-refractivity contribution in [3.63, 3.8) is 0 Å². The van der Waals surface area contributed by atoms with Crippen LogP contribution in [-0.4, -0.2) is 23.9 Å². The lowest BCUT2D eigenvalue weighted by molar-refractivity contribution is 0.774. The predicted molar refractivity (Wildman–Crippen MR) is 86.0 cm³/mol. The average molecular weight is 280 g/mol. The van der Waals surface area contributed by atoms with Gasteiger partial charge in [0, 0.05) is 25.2 Å². The molecule has 0 amide bonds. The lowest BCUT2D eigenvalue weighted by atomic mass is 9.99. The van der Waals surface area contributed by atoms with Crippen molar-refractivity contribution >= 4 is 11.7 Å². The molecule has 4 nitrogen and oxygen atoms in total. The quantitative estimate of drug-likeness (QED) is 0.671. The summed E-state index contributed by atoms with van der Waals surface area (Å²) in [6.45, 7) is 3.86. The first-order chi connectivity index (χ1) is 10.2. The lowest BCUT2D eigenvalue weighted by Gasteiger charge is -2.21. The average Bonchev–Trinajstić information content (AvgIpc) is 2.97. The molecule has 0 aliphatic carbocycles. The minimum absolute atomic E-state index is 0.0961. The van der Waals surface area contributed by atoms with Crippen LogP contribution in [0.5, 0.6) is 0 Å². The maximum Gasteiger partial charge on any atom is 0.139 e. The summed E-state index contributed by atoms with van der Waals surface area (Å²) in [6, 6.07) is 12.5. The van der Waals surface area contributed by atoms with Crippen LogP contribution in [0, 0.1) is 12.3 Å². The highest BCUT2D eigenvalue weighted by Crippen LogP contribution is 2.31. The van der Waals surface area contributed by atoms with E-state index in [9.17, 15) is 0 Å². The Kier molecular flexibility index (Phi) is 3.60. The van der Waals surface area contributed by atoms with Crippen molar-refractivity contribution in [2.75, 3.05) is 18.0 Å². The molecule has 1 aromatic carbocycles. The van der Waals surface area contributed by atoms with E-state index in [1.807, 2.05) is 19.1 Å². The fraction of sp³-hybridized carbons (Fsp3) is 0.294. The Labute approximate surface area is 125 Å². The predicted octanol–water partition coefficient (Wildman–Crippen LogP) is 2.67. The Bertz CT molecular complexity index is 651. The fourth-order valence-electron chi connectivity index (χ4n) is 3.07. The molecule has 2 aromatic rings. The monoisotopic (exact) mass is 280 g/mol. The summed E-state index contributed by atoms with van der Waals surface area (Å²) in [7, 11) is 0. The highest BCUT2D eigenvalue weighted by Gasteiger charge is 2.27. The number of nitrogens with one attached hydrogen (secondary N) is 1. The zero-order valence-electron chi connectivity index (χ0n) is 12.2. The van der Waals surface area contributed by atoms with Gasteiger partial charge < -0.3 is 10.6 Å². The molecule has 1 aliphatic heterocycles. The van der Waals surface area contributed by atoms with Gasteiger partial charge in [0.1, 0.15) is 11.7 Å². The smallest absolute Gasteiger partial charge is 0.139 e. The Morgan fingerprint density at radius 1 is 1.29 bits per heavy atom. The Morgan fingerprint density at radius 3 is 2.76 bits per heavy atom. The molecule has 108 valence electrons. The SMILES string of the molecule is Cc1ccnc(N2CCC(c3ccccc3)C2)c1C(=N)N. The molecule has 1 aromatic heterocycles. The van der Waals surface area contributed by atoms with Crippen molar-refractivity contribution in [2.45, 2.75) is 19.3 Å². The summed E-state index contributed by atoms with van der Waals surface area (Å²) in [6.07, 6.45) is 2.91. The minimum Gasteiger partial charge on any atom is -0.384 e. The van der Waals surface area contributed by atoms with Gasteiger partial charge >= 0.3 is 0 Å². The van der Waals surface area contributed by atoms with E-state index in [0.29, 0.717) is 5.92 Å². The number of hydrogen-bond donors (Lipinski definition) is 2. The Morgan fingerprint density at radius 2 is 2.05 bits per heavy atom. The number of nitrogens with zero attached hydrogens (tertiary/aromatic N) is 2. The van der Waals surface area contributed by atoms with Gasteiger partial charge in [-0.2, -0.15) is 0 Å².